The number of nitrogens with zero attached hydrogens (tertiary/aromatic N) is 2. The second-order valence-corrected chi connectivity index (χ2v) is 11.7. The molecule has 0 aliphatic carbocycles. The van der Waals surface area contributed by atoms with Gasteiger partial charge in [0.1, 0.15) is 20.2 Å². The number of imide groups is 1. The Morgan fingerprint density at radius 3 is 1.87 bits per heavy atom. The minimum atomic E-state index is -0.747. The van der Waals surface area contributed by atoms with Crippen molar-refractivity contribution in [2.24, 2.45) is 7.05 Å². The van der Waals surface area contributed by atoms with Crippen molar-refractivity contribution in [1.82, 2.24) is 4.90 Å². The van der Waals surface area contributed by atoms with Crippen molar-refractivity contribution in [3.05, 3.63) is 83.7 Å². The first-order chi connectivity index (χ1) is 22.5. The Kier molecular flexibility index (Phi) is 16.5. The van der Waals surface area contributed by atoms with Crippen LogP contribution in [0.3, 0.4) is 0 Å². The lowest BCUT2D eigenvalue weighted by atomic mass is 10.1. The highest BCUT2D eigenvalue weighted by Gasteiger charge is 2.27. The topological polar surface area (TPSA) is 78.2 Å². The lowest BCUT2D eigenvalue weighted by Gasteiger charge is -2.20. The molecule has 2 aromatic carbocycles. The number of pyridine rings is 1. The normalized spacial score (nSPS) is 10.8. The predicted octanol–water partition coefficient (Wildman–Crippen LogP) is 8.59. The fourth-order valence-corrected chi connectivity index (χ4v) is 5.34. The average Bonchev–Trinajstić information content (AvgIpc) is 3.08. The van der Waals surface area contributed by atoms with Gasteiger partial charge >= 0.3 is 6.09 Å². The zero-order chi connectivity index (χ0) is 33.0. The van der Waals surface area contributed by atoms with Gasteiger partial charge in [-0.1, -0.05) is 102 Å². The first-order valence-electron chi connectivity index (χ1n) is 16.8. The number of aryl methyl sites for hydroxylation is 1. The number of hydrogen-bond acceptors (Lipinski definition) is 6. The summed E-state index contributed by atoms with van der Waals surface area (Å²) in [4.78, 5) is 27.9. The molecule has 0 atom stereocenters. The average molecular weight is 634 g/mol. The molecule has 2 amide bonds. The van der Waals surface area contributed by atoms with Gasteiger partial charge in [0, 0.05) is 17.7 Å². The molecule has 0 unspecified atom stereocenters. The lowest BCUT2D eigenvalue weighted by Crippen LogP contribution is -2.42. The Bertz CT molecular complexity index is 1300. The van der Waals surface area contributed by atoms with Crippen LogP contribution in [0.4, 0.5) is 4.79 Å². The Morgan fingerprint density at radius 1 is 0.739 bits per heavy atom. The van der Waals surface area contributed by atoms with Crippen LogP contribution in [0.5, 0.6) is 17.2 Å². The van der Waals surface area contributed by atoms with E-state index in [9.17, 15) is 9.59 Å². The third kappa shape index (κ3) is 12.0. The highest BCUT2D eigenvalue weighted by molar-refractivity contribution is 6.02. The van der Waals surface area contributed by atoms with Crippen LogP contribution in [0.1, 0.15) is 106 Å². The number of aromatic nitrogens is 1. The summed E-state index contributed by atoms with van der Waals surface area (Å²) in [7, 11) is 5.01. The minimum absolute atomic E-state index is 0.0580. The second-order valence-electron chi connectivity index (χ2n) is 11.7. The summed E-state index contributed by atoms with van der Waals surface area (Å²) in [6, 6.07) is 17.9. The molecular formula is C38H53N2O6+. The molecule has 0 aliphatic rings. The Hall–Kier alpha value is -4.07. The van der Waals surface area contributed by atoms with E-state index >= 15 is 0 Å². The maximum atomic E-state index is 13.4. The van der Waals surface area contributed by atoms with Crippen LogP contribution in [0.25, 0.3) is 0 Å². The summed E-state index contributed by atoms with van der Waals surface area (Å²) < 4.78 is 24.9. The third-order valence-corrected chi connectivity index (χ3v) is 8.10. The molecule has 0 radical (unpaired) electrons. The number of amides is 2. The van der Waals surface area contributed by atoms with Crippen molar-refractivity contribution >= 4 is 12.0 Å². The summed E-state index contributed by atoms with van der Waals surface area (Å²) in [5, 5.41) is 0. The Labute approximate surface area is 275 Å². The monoisotopic (exact) mass is 633 g/mol. The summed E-state index contributed by atoms with van der Waals surface area (Å²) in [5.41, 5.74) is 1.83. The van der Waals surface area contributed by atoms with Crippen molar-refractivity contribution in [3.63, 3.8) is 0 Å². The number of unbranched alkanes of at least 4 members (excludes halogenated alkanes) is 11. The summed E-state index contributed by atoms with van der Waals surface area (Å²) in [6.07, 6.45) is 16.5. The number of methoxy groups -OCH3 is 2. The number of benzene rings is 2. The van der Waals surface area contributed by atoms with E-state index in [0.717, 1.165) is 23.4 Å². The molecule has 1 aromatic heterocycles. The van der Waals surface area contributed by atoms with Gasteiger partial charge in [-0.2, -0.15) is 0 Å². The zero-order valence-electron chi connectivity index (χ0n) is 28.3. The van der Waals surface area contributed by atoms with Crippen molar-refractivity contribution in [1.29, 1.82) is 0 Å². The molecule has 250 valence electrons. The standard InChI is InChI=1S/C38H53N2O6/c1-5-6-7-8-9-10-11-12-13-14-15-21-26-45-36-34(43-3)27-31(28-35(36)44-4)30-46-38(42)40(29-33-24-19-20-25-39(33)2)37(41)32-22-17-16-18-23-32/h16-20,22-25,27-28H,5-15,21,26,29-30H2,1-4H3/q+1. The SMILES string of the molecule is CCCCCCCCCCCCCCOc1c(OC)cc(COC(=O)N(Cc2cccc[n+]2C)C(=O)c2ccccc2)cc1OC. The fourth-order valence-electron chi connectivity index (χ4n) is 5.34. The molecular weight excluding hydrogens is 580 g/mol. The molecule has 0 fully saturated rings. The van der Waals surface area contributed by atoms with Crippen molar-refractivity contribution in [3.8, 4) is 17.2 Å². The maximum Gasteiger partial charge on any atom is 0.417 e. The molecule has 46 heavy (non-hydrogen) atoms. The van der Waals surface area contributed by atoms with Gasteiger partial charge in [-0.3, -0.25) is 4.79 Å². The molecule has 0 saturated heterocycles. The molecule has 8 nitrogen and oxygen atoms in total. The van der Waals surface area contributed by atoms with Gasteiger partial charge in [0.2, 0.25) is 11.4 Å². The zero-order valence-corrected chi connectivity index (χ0v) is 28.3. The summed E-state index contributed by atoms with van der Waals surface area (Å²) in [5.74, 6) is 1.09. The van der Waals surface area contributed by atoms with Gasteiger partial charge in [0.25, 0.3) is 5.91 Å². The number of carbonyl (C=O) groups excluding carboxylic acids is 2. The third-order valence-electron chi connectivity index (χ3n) is 8.10. The van der Waals surface area contributed by atoms with Gasteiger partial charge < -0.3 is 18.9 Å². The molecule has 0 N–H and O–H groups in total. The second kappa shape index (κ2) is 20.9. The van der Waals surface area contributed by atoms with E-state index in [1.165, 1.54) is 64.2 Å². The van der Waals surface area contributed by atoms with Crippen LogP contribution in [0.15, 0.2) is 66.9 Å². The van der Waals surface area contributed by atoms with Crippen LogP contribution >= 0.6 is 0 Å². The number of hydrogen-bond donors (Lipinski definition) is 0. The number of carbonyl (C=O) groups is 2. The molecule has 3 aromatic rings. The lowest BCUT2D eigenvalue weighted by molar-refractivity contribution is -0.679. The van der Waals surface area contributed by atoms with E-state index in [-0.39, 0.29) is 13.2 Å². The summed E-state index contributed by atoms with van der Waals surface area (Å²) >= 11 is 0. The minimum Gasteiger partial charge on any atom is -0.493 e. The molecule has 0 bridgehead atoms. The quantitative estimate of drug-likeness (QED) is 0.0864. The van der Waals surface area contributed by atoms with E-state index in [1.54, 1.807) is 50.6 Å². The molecule has 0 aliphatic heterocycles. The van der Waals surface area contributed by atoms with Crippen LogP contribution in [0.2, 0.25) is 0 Å². The molecule has 1 heterocycles. The number of rotatable bonds is 21. The number of ether oxygens (including phenoxy) is 4. The van der Waals surface area contributed by atoms with Crippen LogP contribution in [-0.4, -0.2) is 37.7 Å². The first-order valence-corrected chi connectivity index (χ1v) is 16.8. The Balaban J connectivity index is 1.53. The molecule has 8 heteroatoms. The highest BCUT2D eigenvalue weighted by Crippen LogP contribution is 2.39. The Morgan fingerprint density at radius 2 is 1.30 bits per heavy atom. The summed E-state index contributed by atoms with van der Waals surface area (Å²) in [6.45, 7) is 2.80. The van der Waals surface area contributed by atoms with E-state index in [0.29, 0.717) is 35.0 Å². The molecule has 0 saturated carbocycles. The van der Waals surface area contributed by atoms with Gasteiger partial charge in [-0.05, 0) is 36.2 Å². The fraction of sp³-hybridized carbons (Fsp3) is 0.500. The maximum absolute atomic E-state index is 13.4. The molecule has 3 rings (SSSR count). The van der Waals surface area contributed by atoms with Crippen molar-refractivity contribution < 1.29 is 33.1 Å². The van der Waals surface area contributed by atoms with Crippen molar-refractivity contribution in [2.75, 3.05) is 20.8 Å². The van der Waals surface area contributed by atoms with E-state index in [1.807, 2.05) is 42.1 Å². The highest BCUT2D eigenvalue weighted by atomic mass is 16.6. The van der Waals surface area contributed by atoms with Crippen LogP contribution in [0, 0.1) is 0 Å². The molecule has 0 spiro atoms. The van der Waals surface area contributed by atoms with E-state index in [4.69, 9.17) is 18.9 Å². The smallest absolute Gasteiger partial charge is 0.417 e. The van der Waals surface area contributed by atoms with Gasteiger partial charge in [-0.25, -0.2) is 14.3 Å². The van der Waals surface area contributed by atoms with Gasteiger partial charge in [0.15, 0.2) is 17.7 Å². The van der Waals surface area contributed by atoms with Crippen molar-refractivity contribution in [2.45, 2.75) is 97.1 Å². The van der Waals surface area contributed by atoms with E-state index in [2.05, 4.69) is 6.92 Å². The van der Waals surface area contributed by atoms with Crippen LogP contribution in [-0.2, 0) is 24.9 Å². The predicted molar refractivity (Wildman–Crippen MR) is 180 cm³/mol. The first kappa shape index (κ1) is 36.4. The van der Waals surface area contributed by atoms with Gasteiger partial charge in [0.05, 0.1) is 20.8 Å². The van der Waals surface area contributed by atoms with Crippen LogP contribution < -0.4 is 18.8 Å². The largest absolute Gasteiger partial charge is 0.493 e. The van der Waals surface area contributed by atoms with E-state index < -0.39 is 12.0 Å². The van der Waals surface area contributed by atoms with Gasteiger partial charge in [-0.15, -0.1) is 0 Å².